The number of hydrogen-bond donors (Lipinski definition) is 3. The summed E-state index contributed by atoms with van der Waals surface area (Å²) in [4.78, 5) is 35.3. The molecule has 0 aliphatic heterocycles. The van der Waals surface area contributed by atoms with Crippen LogP contribution in [0.1, 0.15) is 32.6 Å². The van der Waals surface area contributed by atoms with E-state index in [4.69, 9.17) is 5.11 Å². The third kappa shape index (κ3) is 4.71. The number of amides is 3. The molecule has 0 bridgehead atoms. The maximum absolute atomic E-state index is 11.8. The van der Waals surface area contributed by atoms with Gasteiger partial charge in [0, 0.05) is 20.1 Å². The molecule has 0 unspecified atom stereocenters. The first-order valence-corrected chi connectivity index (χ1v) is 6.86. The summed E-state index contributed by atoms with van der Waals surface area (Å²) in [5.41, 5.74) is -0.311. The first kappa shape index (κ1) is 16.3. The molecule has 20 heavy (non-hydrogen) atoms. The van der Waals surface area contributed by atoms with Crippen molar-refractivity contribution in [2.75, 3.05) is 26.7 Å². The number of nitrogens with one attached hydrogen (secondary N) is 2. The predicted octanol–water partition coefficient (Wildman–Crippen LogP) is 0.409. The number of likely N-dealkylation sites (N-methyl/N-ethyl adjacent to an activating group) is 2. The average Bonchev–Trinajstić information content (AvgIpc) is 2.31. The Labute approximate surface area is 118 Å². The number of carboxylic acid groups (broad SMARTS) is 1. The van der Waals surface area contributed by atoms with Crippen molar-refractivity contribution in [1.29, 1.82) is 0 Å². The van der Waals surface area contributed by atoms with Gasteiger partial charge in [-0.25, -0.2) is 4.79 Å². The lowest BCUT2D eigenvalue weighted by molar-refractivity contribution is -0.141. The van der Waals surface area contributed by atoms with Gasteiger partial charge in [-0.1, -0.05) is 6.42 Å². The van der Waals surface area contributed by atoms with Crippen molar-refractivity contribution >= 4 is 17.9 Å². The minimum Gasteiger partial charge on any atom is -0.481 e. The van der Waals surface area contributed by atoms with Crippen molar-refractivity contribution in [2.24, 2.45) is 5.41 Å². The zero-order valence-corrected chi connectivity index (χ0v) is 12.1. The summed E-state index contributed by atoms with van der Waals surface area (Å²) < 4.78 is 0. The fourth-order valence-corrected chi connectivity index (χ4v) is 2.35. The van der Waals surface area contributed by atoms with Crippen molar-refractivity contribution in [3.05, 3.63) is 0 Å². The van der Waals surface area contributed by atoms with Crippen LogP contribution in [-0.4, -0.2) is 54.6 Å². The molecule has 3 amide bonds. The van der Waals surface area contributed by atoms with Crippen LogP contribution in [0.5, 0.6) is 0 Å². The molecule has 114 valence electrons. The lowest BCUT2D eigenvalue weighted by atomic mass is 9.66. The molecule has 0 aromatic carbocycles. The predicted molar refractivity (Wildman–Crippen MR) is 73.2 cm³/mol. The van der Waals surface area contributed by atoms with Gasteiger partial charge in [-0.3, -0.25) is 9.59 Å². The van der Waals surface area contributed by atoms with Gasteiger partial charge in [0.05, 0.1) is 6.42 Å². The first-order valence-electron chi connectivity index (χ1n) is 6.86. The zero-order valence-electron chi connectivity index (χ0n) is 12.1. The number of rotatable bonds is 7. The van der Waals surface area contributed by atoms with E-state index in [9.17, 15) is 14.4 Å². The van der Waals surface area contributed by atoms with E-state index in [2.05, 4.69) is 10.6 Å². The summed E-state index contributed by atoms with van der Waals surface area (Å²) in [6, 6.07) is -0.354. The van der Waals surface area contributed by atoms with Gasteiger partial charge in [0.2, 0.25) is 5.91 Å². The van der Waals surface area contributed by atoms with Crippen LogP contribution in [0.15, 0.2) is 0 Å². The van der Waals surface area contributed by atoms with Gasteiger partial charge in [0.1, 0.15) is 6.54 Å². The largest absolute Gasteiger partial charge is 0.481 e. The van der Waals surface area contributed by atoms with Crippen LogP contribution in [-0.2, 0) is 9.59 Å². The summed E-state index contributed by atoms with van der Waals surface area (Å²) in [7, 11) is 1.54. The van der Waals surface area contributed by atoms with Gasteiger partial charge in [-0.05, 0) is 25.2 Å². The van der Waals surface area contributed by atoms with Crippen LogP contribution >= 0.6 is 0 Å². The summed E-state index contributed by atoms with van der Waals surface area (Å²) in [5.74, 6) is -1.05. The van der Waals surface area contributed by atoms with Crippen LogP contribution in [0.25, 0.3) is 0 Å². The number of aliphatic carboxylic acids is 1. The molecule has 1 rings (SSSR count). The molecule has 0 heterocycles. The highest BCUT2D eigenvalue weighted by atomic mass is 16.4. The number of hydrogen-bond acceptors (Lipinski definition) is 3. The average molecular weight is 285 g/mol. The van der Waals surface area contributed by atoms with Crippen LogP contribution < -0.4 is 10.6 Å². The van der Waals surface area contributed by atoms with E-state index in [1.807, 2.05) is 6.92 Å². The van der Waals surface area contributed by atoms with E-state index in [0.717, 1.165) is 19.3 Å². The van der Waals surface area contributed by atoms with Crippen molar-refractivity contribution in [3.8, 4) is 0 Å². The van der Waals surface area contributed by atoms with Crippen LogP contribution in [0.3, 0.4) is 0 Å². The molecular formula is C13H23N3O4. The van der Waals surface area contributed by atoms with E-state index in [1.165, 1.54) is 11.9 Å². The second-order valence-electron chi connectivity index (χ2n) is 5.39. The number of nitrogens with zero attached hydrogens (tertiary/aromatic N) is 1. The number of carbonyl (C=O) groups is 3. The molecule has 0 radical (unpaired) electrons. The molecule has 3 N–H and O–H groups in total. The van der Waals surface area contributed by atoms with Crippen LogP contribution in [0.2, 0.25) is 0 Å². The molecule has 0 aromatic rings. The number of carbonyl (C=O) groups excluding carboxylic acids is 2. The summed E-state index contributed by atoms with van der Waals surface area (Å²) >= 11 is 0. The second-order valence-corrected chi connectivity index (χ2v) is 5.39. The van der Waals surface area contributed by atoms with E-state index >= 15 is 0 Å². The van der Waals surface area contributed by atoms with Crippen molar-refractivity contribution in [2.45, 2.75) is 32.6 Å². The highest BCUT2D eigenvalue weighted by Gasteiger charge is 2.39. The van der Waals surface area contributed by atoms with Gasteiger partial charge in [-0.15, -0.1) is 0 Å². The zero-order chi connectivity index (χ0) is 15.2. The topological polar surface area (TPSA) is 98.7 Å². The minimum atomic E-state index is -0.838. The molecule has 0 atom stereocenters. The minimum absolute atomic E-state index is 0.00833. The molecule has 0 spiro atoms. The Morgan fingerprint density at radius 2 is 1.90 bits per heavy atom. The van der Waals surface area contributed by atoms with Gasteiger partial charge in [-0.2, -0.15) is 0 Å². The Hall–Kier alpha value is -1.79. The summed E-state index contributed by atoms with van der Waals surface area (Å²) in [6.45, 7) is 2.67. The standard InChI is InChI=1S/C13H23N3O4/c1-3-14-10(17)8-16(2)12(20)15-9-13(5-4-6-13)7-11(18)19/h3-9H2,1-2H3,(H,14,17)(H,15,20)(H,18,19). The highest BCUT2D eigenvalue weighted by Crippen LogP contribution is 2.43. The van der Waals surface area contributed by atoms with E-state index in [1.54, 1.807) is 0 Å². The van der Waals surface area contributed by atoms with Crippen LogP contribution in [0.4, 0.5) is 4.79 Å². The fourth-order valence-electron chi connectivity index (χ4n) is 2.35. The van der Waals surface area contributed by atoms with Gasteiger partial charge < -0.3 is 20.6 Å². The quantitative estimate of drug-likeness (QED) is 0.631. The van der Waals surface area contributed by atoms with Gasteiger partial charge >= 0.3 is 12.0 Å². The smallest absolute Gasteiger partial charge is 0.317 e. The lowest BCUT2D eigenvalue weighted by Gasteiger charge is -2.41. The van der Waals surface area contributed by atoms with E-state index in [0.29, 0.717) is 13.1 Å². The monoisotopic (exact) mass is 285 g/mol. The summed E-state index contributed by atoms with van der Waals surface area (Å²) in [6.07, 6.45) is 2.71. The Morgan fingerprint density at radius 1 is 1.25 bits per heavy atom. The molecule has 0 saturated heterocycles. The molecule has 1 fully saturated rings. The van der Waals surface area contributed by atoms with Crippen molar-refractivity contribution in [1.82, 2.24) is 15.5 Å². The maximum atomic E-state index is 11.8. The third-order valence-corrected chi connectivity index (χ3v) is 3.66. The third-order valence-electron chi connectivity index (χ3n) is 3.66. The van der Waals surface area contributed by atoms with Gasteiger partial charge in [0.15, 0.2) is 0 Å². The van der Waals surface area contributed by atoms with E-state index < -0.39 is 5.97 Å². The van der Waals surface area contributed by atoms with Crippen molar-refractivity contribution < 1.29 is 19.5 Å². The normalized spacial score (nSPS) is 15.9. The lowest BCUT2D eigenvalue weighted by Crippen LogP contribution is -2.48. The Morgan fingerprint density at radius 3 is 2.35 bits per heavy atom. The molecule has 1 aliphatic rings. The Balaban J connectivity index is 2.38. The number of urea groups is 1. The molecule has 0 aromatic heterocycles. The van der Waals surface area contributed by atoms with Crippen LogP contribution in [0, 0.1) is 5.41 Å². The molecule has 7 heteroatoms. The first-order chi connectivity index (χ1) is 9.38. The fraction of sp³-hybridized carbons (Fsp3) is 0.769. The molecule has 7 nitrogen and oxygen atoms in total. The van der Waals surface area contributed by atoms with E-state index in [-0.39, 0.29) is 30.3 Å². The molecule has 1 saturated carbocycles. The summed E-state index contributed by atoms with van der Waals surface area (Å²) in [5, 5.41) is 14.2. The number of carboxylic acids is 1. The van der Waals surface area contributed by atoms with Gasteiger partial charge in [0.25, 0.3) is 0 Å². The molecular weight excluding hydrogens is 262 g/mol. The maximum Gasteiger partial charge on any atom is 0.317 e. The van der Waals surface area contributed by atoms with Crippen molar-refractivity contribution in [3.63, 3.8) is 0 Å². The second kappa shape index (κ2) is 7.12. The molecule has 1 aliphatic carbocycles. The highest BCUT2D eigenvalue weighted by molar-refractivity contribution is 5.83. The SMILES string of the molecule is CCNC(=O)CN(C)C(=O)NCC1(CC(=O)O)CCC1. The Bertz CT molecular complexity index is 380. The Kier molecular flexibility index (Phi) is 5.79.